The van der Waals surface area contributed by atoms with E-state index in [-0.39, 0.29) is 10.9 Å². The van der Waals surface area contributed by atoms with Gasteiger partial charge in [0, 0.05) is 25.0 Å². The second kappa shape index (κ2) is 8.76. The van der Waals surface area contributed by atoms with Crippen LogP contribution in [0.1, 0.15) is 49.3 Å². The highest BCUT2D eigenvalue weighted by atomic mass is 32.2. The fourth-order valence-electron chi connectivity index (χ4n) is 3.98. The Hall–Kier alpha value is -2.78. The minimum Gasteiger partial charge on any atom is -0.339 e. The lowest BCUT2D eigenvalue weighted by Crippen LogP contribution is -2.31. The van der Waals surface area contributed by atoms with Gasteiger partial charge >= 0.3 is 0 Å². The maximum absolute atomic E-state index is 13.4. The van der Waals surface area contributed by atoms with Gasteiger partial charge in [-0.1, -0.05) is 13.0 Å². The number of hydrogen-bond acceptors (Lipinski definition) is 6. The van der Waals surface area contributed by atoms with Crippen molar-refractivity contribution in [1.29, 1.82) is 0 Å². The van der Waals surface area contributed by atoms with Crippen LogP contribution >= 0.6 is 0 Å². The molecular weight excluding hydrogens is 412 g/mol. The second-order valence-corrected chi connectivity index (χ2v) is 9.74. The number of anilines is 2. The first kappa shape index (κ1) is 21.5. The standard InChI is InChI=1S/C22H28N6O2S/c1-4-12-27-15-21(17(3)26-27)31(29,30)28-13-6-8-20(28)19-11-10-18(14-23-19)25-22-9-5-7-16(2)24-22/h5,7,9-11,14-15,20H,4,6,8,12-13H2,1-3H3,(H,24,25). The Morgan fingerprint density at radius 3 is 2.74 bits per heavy atom. The van der Waals surface area contributed by atoms with Gasteiger partial charge < -0.3 is 5.32 Å². The summed E-state index contributed by atoms with van der Waals surface area (Å²) < 4.78 is 30.1. The van der Waals surface area contributed by atoms with Gasteiger partial charge in [-0.2, -0.15) is 9.40 Å². The summed E-state index contributed by atoms with van der Waals surface area (Å²) in [5.74, 6) is 0.749. The van der Waals surface area contributed by atoms with Gasteiger partial charge in [0.05, 0.1) is 29.3 Å². The van der Waals surface area contributed by atoms with Crippen LogP contribution in [0.15, 0.2) is 47.6 Å². The smallest absolute Gasteiger partial charge is 0.247 e. The molecule has 0 saturated carbocycles. The number of nitrogens with one attached hydrogen (secondary N) is 1. The summed E-state index contributed by atoms with van der Waals surface area (Å²) in [7, 11) is -3.64. The van der Waals surface area contributed by atoms with Crippen molar-refractivity contribution in [1.82, 2.24) is 24.1 Å². The van der Waals surface area contributed by atoms with Gasteiger partial charge in [-0.25, -0.2) is 13.4 Å². The minimum absolute atomic E-state index is 0.273. The van der Waals surface area contributed by atoms with Crippen molar-refractivity contribution in [2.45, 2.75) is 57.5 Å². The van der Waals surface area contributed by atoms with Crippen LogP contribution in [-0.2, 0) is 16.6 Å². The average molecular weight is 441 g/mol. The van der Waals surface area contributed by atoms with Crippen LogP contribution in [0.2, 0.25) is 0 Å². The molecule has 0 amide bonds. The molecule has 1 fully saturated rings. The molecule has 8 nitrogen and oxygen atoms in total. The molecule has 1 saturated heterocycles. The third-order valence-electron chi connectivity index (χ3n) is 5.43. The van der Waals surface area contributed by atoms with Gasteiger partial charge in [-0.3, -0.25) is 9.67 Å². The highest BCUT2D eigenvalue weighted by Gasteiger charge is 2.38. The van der Waals surface area contributed by atoms with Crippen molar-refractivity contribution in [3.8, 4) is 0 Å². The molecule has 0 radical (unpaired) electrons. The molecule has 1 N–H and O–H groups in total. The van der Waals surface area contributed by atoms with Gasteiger partial charge in [-0.05, 0) is 57.4 Å². The van der Waals surface area contributed by atoms with Gasteiger partial charge in [-0.15, -0.1) is 0 Å². The van der Waals surface area contributed by atoms with E-state index in [1.54, 1.807) is 28.3 Å². The lowest BCUT2D eigenvalue weighted by atomic mass is 10.1. The van der Waals surface area contributed by atoms with Crippen molar-refractivity contribution in [2.24, 2.45) is 0 Å². The van der Waals surface area contributed by atoms with E-state index in [4.69, 9.17) is 0 Å². The van der Waals surface area contributed by atoms with E-state index in [1.807, 2.05) is 44.2 Å². The summed E-state index contributed by atoms with van der Waals surface area (Å²) in [5, 5.41) is 7.61. The first-order valence-electron chi connectivity index (χ1n) is 10.6. The van der Waals surface area contributed by atoms with E-state index in [0.29, 0.717) is 18.8 Å². The summed E-state index contributed by atoms with van der Waals surface area (Å²) in [6.45, 7) is 6.92. The number of aryl methyl sites for hydroxylation is 3. The van der Waals surface area contributed by atoms with Crippen LogP contribution in [0, 0.1) is 13.8 Å². The molecule has 0 aromatic carbocycles. The predicted molar refractivity (Wildman–Crippen MR) is 120 cm³/mol. The molecule has 1 aliphatic heterocycles. The lowest BCUT2D eigenvalue weighted by Gasteiger charge is -2.23. The lowest BCUT2D eigenvalue weighted by molar-refractivity contribution is 0.390. The van der Waals surface area contributed by atoms with Crippen LogP contribution < -0.4 is 5.32 Å². The van der Waals surface area contributed by atoms with Gasteiger partial charge in [0.25, 0.3) is 0 Å². The Morgan fingerprint density at radius 2 is 2.03 bits per heavy atom. The van der Waals surface area contributed by atoms with Gasteiger partial charge in [0.2, 0.25) is 10.0 Å². The van der Waals surface area contributed by atoms with Crippen molar-refractivity contribution in [2.75, 3.05) is 11.9 Å². The van der Waals surface area contributed by atoms with E-state index in [9.17, 15) is 8.42 Å². The topological polar surface area (TPSA) is 93.0 Å². The molecule has 9 heteroatoms. The summed E-state index contributed by atoms with van der Waals surface area (Å²) in [6, 6.07) is 9.32. The normalized spacial score (nSPS) is 17.2. The molecule has 31 heavy (non-hydrogen) atoms. The molecule has 3 aromatic rings. The van der Waals surface area contributed by atoms with Crippen molar-refractivity contribution >= 4 is 21.5 Å². The third kappa shape index (κ3) is 4.47. The molecule has 1 unspecified atom stereocenters. The fourth-order valence-corrected chi connectivity index (χ4v) is 5.82. The van der Waals surface area contributed by atoms with E-state index >= 15 is 0 Å². The molecule has 0 bridgehead atoms. The van der Waals surface area contributed by atoms with E-state index in [2.05, 4.69) is 20.4 Å². The quantitative estimate of drug-likeness (QED) is 0.598. The summed E-state index contributed by atoms with van der Waals surface area (Å²) in [4.78, 5) is 9.30. The first-order valence-corrected chi connectivity index (χ1v) is 12.0. The molecule has 0 spiro atoms. The van der Waals surface area contributed by atoms with E-state index in [1.165, 1.54) is 0 Å². The highest BCUT2D eigenvalue weighted by Crippen LogP contribution is 2.36. The van der Waals surface area contributed by atoms with Crippen molar-refractivity contribution in [3.05, 3.63) is 59.8 Å². The Labute approximate surface area is 183 Å². The van der Waals surface area contributed by atoms with Crippen molar-refractivity contribution in [3.63, 3.8) is 0 Å². The number of sulfonamides is 1. The second-order valence-electron chi connectivity index (χ2n) is 7.88. The number of pyridine rings is 2. The number of aromatic nitrogens is 4. The number of nitrogens with zero attached hydrogens (tertiary/aromatic N) is 5. The molecule has 3 aromatic heterocycles. The first-order chi connectivity index (χ1) is 14.9. The largest absolute Gasteiger partial charge is 0.339 e. The summed E-state index contributed by atoms with van der Waals surface area (Å²) >= 11 is 0. The Bertz CT molecular complexity index is 1160. The summed E-state index contributed by atoms with van der Waals surface area (Å²) in [6.07, 6.45) is 5.84. The minimum atomic E-state index is -3.64. The number of rotatable bonds is 7. The molecular formula is C22H28N6O2S. The molecule has 1 aliphatic rings. The van der Waals surface area contributed by atoms with Crippen LogP contribution in [0.5, 0.6) is 0 Å². The fraction of sp³-hybridized carbons (Fsp3) is 0.409. The van der Waals surface area contributed by atoms with Gasteiger partial charge in [0.1, 0.15) is 10.7 Å². The molecule has 4 rings (SSSR count). The molecule has 164 valence electrons. The maximum atomic E-state index is 13.4. The Balaban J connectivity index is 1.55. The van der Waals surface area contributed by atoms with Crippen molar-refractivity contribution < 1.29 is 8.42 Å². The third-order valence-corrected chi connectivity index (χ3v) is 7.44. The molecule has 4 heterocycles. The number of hydrogen-bond donors (Lipinski definition) is 1. The molecule has 0 aliphatic carbocycles. The zero-order valence-electron chi connectivity index (χ0n) is 18.1. The zero-order valence-corrected chi connectivity index (χ0v) is 18.9. The maximum Gasteiger partial charge on any atom is 0.247 e. The predicted octanol–water partition coefficient (Wildman–Crippen LogP) is 3.97. The summed E-state index contributed by atoms with van der Waals surface area (Å²) in [5.41, 5.74) is 3.03. The van der Waals surface area contributed by atoms with Crippen LogP contribution in [0.4, 0.5) is 11.5 Å². The molecule has 1 atom stereocenters. The Morgan fingerprint density at radius 1 is 1.19 bits per heavy atom. The van der Waals surface area contributed by atoms with Crippen LogP contribution in [-0.4, -0.2) is 39.0 Å². The van der Waals surface area contributed by atoms with E-state index in [0.717, 1.165) is 42.2 Å². The van der Waals surface area contributed by atoms with Crippen LogP contribution in [0.3, 0.4) is 0 Å². The van der Waals surface area contributed by atoms with Crippen LogP contribution in [0.25, 0.3) is 0 Å². The Kier molecular flexibility index (Phi) is 6.06. The SMILES string of the molecule is CCCn1cc(S(=O)(=O)N2CCCC2c2ccc(Nc3cccc(C)n3)cn2)c(C)n1. The monoisotopic (exact) mass is 440 g/mol. The highest BCUT2D eigenvalue weighted by molar-refractivity contribution is 7.89. The zero-order chi connectivity index (χ0) is 22.0. The van der Waals surface area contributed by atoms with Gasteiger partial charge in [0.15, 0.2) is 0 Å². The average Bonchev–Trinajstić information content (AvgIpc) is 3.37. The van der Waals surface area contributed by atoms with E-state index < -0.39 is 10.0 Å².